The van der Waals surface area contributed by atoms with Gasteiger partial charge in [0, 0.05) is 24.4 Å². The molecule has 3 amide bonds. The number of amides is 3. The van der Waals surface area contributed by atoms with Crippen LogP contribution in [0.5, 0.6) is 0 Å². The standard InChI is InChI=1S/C20H20N4O3S/c25-16(23-20(27)21-11-13-5-2-1-3-6-13)9-10-24-12-22-18-17(19(24)26)14-7-4-8-15(14)28-18/h1-3,5-6,12H,4,7-11H2,(H2,21,23,25,27). The van der Waals surface area contributed by atoms with E-state index in [9.17, 15) is 14.4 Å². The Kier molecular flexibility index (Phi) is 5.21. The number of hydrogen-bond donors (Lipinski definition) is 2. The van der Waals surface area contributed by atoms with Crippen molar-refractivity contribution in [2.24, 2.45) is 0 Å². The molecular formula is C20H20N4O3S. The number of nitrogens with one attached hydrogen (secondary N) is 2. The van der Waals surface area contributed by atoms with Crippen LogP contribution in [-0.2, 0) is 30.7 Å². The van der Waals surface area contributed by atoms with Gasteiger partial charge in [-0.3, -0.25) is 19.5 Å². The lowest BCUT2D eigenvalue weighted by molar-refractivity contribution is -0.120. The first kappa shape index (κ1) is 18.4. The van der Waals surface area contributed by atoms with E-state index in [1.165, 1.54) is 15.8 Å². The van der Waals surface area contributed by atoms with Crippen molar-refractivity contribution in [2.45, 2.75) is 38.8 Å². The Morgan fingerprint density at radius 3 is 2.82 bits per heavy atom. The van der Waals surface area contributed by atoms with Crippen molar-refractivity contribution in [3.05, 3.63) is 63.0 Å². The number of rotatable bonds is 5. The molecule has 2 heterocycles. The van der Waals surface area contributed by atoms with Gasteiger partial charge in [-0.2, -0.15) is 0 Å². The average Bonchev–Trinajstić information content (AvgIpc) is 3.28. The van der Waals surface area contributed by atoms with Crippen molar-refractivity contribution in [1.82, 2.24) is 20.2 Å². The third-order valence-electron chi connectivity index (χ3n) is 4.82. The minimum Gasteiger partial charge on any atom is -0.334 e. The van der Waals surface area contributed by atoms with Crippen LogP contribution in [0.25, 0.3) is 10.2 Å². The fourth-order valence-electron chi connectivity index (χ4n) is 3.41. The zero-order valence-electron chi connectivity index (χ0n) is 15.2. The van der Waals surface area contributed by atoms with Gasteiger partial charge in [-0.25, -0.2) is 9.78 Å². The van der Waals surface area contributed by atoms with Crippen LogP contribution in [0.2, 0.25) is 0 Å². The topological polar surface area (TPSA) is 93.1 Å². The number of fused-ring (bicyclic) bond motifs is 3. The summed E-state index contributed by atoms with van der Waals surface area (Å²) in [6.07, 6.45) is 4.51. The molecule has 0 aliphatic heterocycles. The van der Waals surface area contributed by atoms with E-state index in [0.717, 1.165) is 35.2 Å². The van der Waals surface area contributed by atoms with Crippen molar-refractivity contribution >= 4 is 33.5 Å². The lowest BCUT2D eigenvalue weighted by Gasteiger charge is -2.08. The second kappa shape index (κ2) is 7.93. The fraction of sp³-hybridized carbons (Fsp3) is 0.300. The maximum Gasteiger partial charge on any atom is 0.321 e. The van der Waals surface area contributed by atoms with Crippen LogP contribution in [0, 0.1) is 0 Å². The first-order valence-corrected chi connectivity index (χ1v) is 10.0. The Bertz CT molecular complexity index is 1090. The smallest absolute Gasteiger partial charge is 0.321 e. The van der Waals surface area contributed by atoms with Gasteiger partial charge in [0.25, 0.3) is 5.56 Å². The lowest BCUT2D eigenvalue weighted by Crippen LogP contribution is -2.39. The van der Waals surface area contributed by atoms with Crippen LogP contribution in [0.4, 0.5) is 4.79 Å². The van der Waals surface area contributed by atoms with E-state index in [0.29, 0.717) is 11.9 Å². The molecule has 1 aromatic carbocycles. The Labute approximate surface area is 165 Å². The molecule has 3 aromatic rings. The molecule has 0 fully saturated rings. The zero-order valence-corrected chi connectivity index (χ0v) is 16.1. The Morgan fingerprint density at radius 2 is 2.00 bits per heavy atom. The minimum absolute atomic E-state index is 0.0260. The van der Waals surface area contributed by atoms with E-state index in [-0.39, 0.29) is 18.5 Å². The highest BCUT2D eigenvalue weighted by atomic mass is 32.1. The number of thiophene rings is 1. The molecule has 8 heteroatoms. The van der Waals surface area contributed by atoms with Crippen LogP contribution in [0.15, 0.2) is 41.5 Å². The highest BCUT2D eigenvalue weighted by Gasteiger charge is 2.21. The maximum atomic E-state index is 12.8. The summed E-state index contributed by atoms with van der Waals surface area (Å²) in [6, 6.07) is 8.88. The normalized spacial score (nSPS) is 12.7. The molecule has 2 aromatic heterocycles. The molecule has 0 spiro atoms. The summed E-state index contributed by atoms with van der Waals surface area (Å²) in [7, 11) is 0. The zero-order chi connectivity index (χ0) is 19.5. The molecule has 2 N–H and O–H groups in total. The molecule has 28 heavy (non-hydrogen) atoms. The summed E-state index contributed by atoms with van der Waals surface area (Å²) in [4.78, 5) is 43.1. The summed E-state index contributed by atoms with van der Waals surface area (Å²) in [5.74, 6) is -0.437. The van der Waals surface area contributed by atoms with Gasteiger partial charge >= 0.3 is 6.03 Å². The number of urea groups is 1. The van der Waals surface area contributed by atoms with Gasteiger partial charge in [0.15, 0.2) is 0 Å². The van der Waals surface area contributed by atoms with Gasteiger partial charge in [-0.1, -0.05) is 30.3 Å². The Morgan fingerprint density at radius 1 is 1.18 bits per heavy atom. The molecular weight excluding hydrogens is 376 g/mol. The predicted octanol–water partition coefficient (Wildman–Crippen LogP) is 2.36. The first-order valence-electron chi connectivity index (χ1n) is 9.23. The van der Waals surface area contributed by atoms with E-state index in [2.05, 4.69) is 15.6 Å². The van der Waals surface area contributed by atoms with Gasteiger partial charge in [0.05, 0.1) is 11.7 Å². The summed E-state index contributed by atoms with van der Waals surface area (Å²) in [6.45, 7) is 0.521. The van der Waals surface area contributed by atoms with Crippen molar-refractivity contribution in [3.63, 3.8) is 0 Å². The molecule has 7 nitrogen and oxygen atoms in total. The highest BCUT2D eigenvalue weighted by Crippen LogP contribution is 2.34. The van der Waals surface area contributed by atoms with E-state index in [4.69, 9.17) is 0 Å². The largest absolute Gasteiger partial charge is 0.334 e. The summed E-state index contributed by atoms with van der Waals surface area (Å²) < 4.78 is 1.45. The van der Waals surface area contributed by atoms with Gasteiger partial charge < -0.3 is 5.32 Å². The summed E-state index contributed by atoms with van der Waals surface area (Å²) >= 11 is 1.59. The van der Waals surface area contributed by atoms with Crippen molar-refractivity contribution in [3.8, 4) is 0 Å². The molecule has 0 atom stereocenters. The molecule has 0 saturated carbocycles. The second-order valence-corrected chi connectivity index (χ2v) is 7.83. The Hall–Kier alpha value is -3.00. The van der Waals surface area contributed by atoms with Gasteiger partial charge in [-0.05, 0) is 30.4 Å². The van der Waals surface area contributed by atoms with Crippen LogP contribution < -0.4 is 16.2 Å². The number of aromatic nitrogens is 2. The molecule has 0 saturated heterocycles. The quantitative estimate of drug-likeness (QED) is 0.692. The van der Waals surface area contributed by atoms with Crippen LogP contribution in [0.1, 0.15) is 28.8 Å². The molecule has 144 valence electrons. The van der Waals surface area contributed by atoms with E-state index >= 15 is 0 Å². The van der Waals surface area contributed by atoms with Crippen LogP contribution >= 0.6 is 11.3 Å². The highest BCUT2D eigenvalue weighted by molar-refractivity contribution is 7.18. The van der Waals surface area contributed by atoms with Crippen molar-refractivity contribution < 1.29 is 9.59 Å². The number of nitrogens with zero attached hydrogens (tertiary/aromatic N) is 2. The Balaban J connectivity index is 1.34. The van der Waals surface area contributed by atoms with Gasteiger partial charge in [0.1, 0.15) is 4.83 Å². The molecule has 4 rings (SSSR count). The first-order chi connectivity index (χ1) is 13.6. The SMILES string of the molecule is O=C(CCn1cnc2sc3c(c2c1=O)CCC3)NC(=O)NCc1ccccc1. The monoisotopic (exact) mass is 396 g/mol. The molecule has 0 radical (unpaired) electrons. The number of hydrogen-bond acceptors (Lipinski definition) is 5. The van der Waals surface area contributed by atoms with Crippen LogP contribution in [-0.4, -0.2) is 21.5 Å². The van der Waals surface area contributed by atoms with Gasteiger partial charge in [-0.15, -0.1) is 11.3 Å². The fourth-order valence-corrected chi connectivity index (χ4v) is 4.63. The average molecular weight is 396 g/mol. The maximum absolute atomic E-state index is 12.8. The molecule has 1 aliphatic rings. The molecule has 1 aliphatic carbocycles. The summed E-state index contributed by atoms with van der Waals surface area (Å²) in [5, 5.41) is 5.62. The summed E-state index contributed by atoms with van der Waals surface area (Å²) in [5.41, 5.74) is 1.96. The third-order valence-corrected chi connectivity index (χ3v) is 6.02. The number of carbonyl (C=O) groups excluding carboxylic acids is 2. The van der Waals surface area contributed by atoms with E-state index in [1.54, 1.807) is 11.3 Å². The number of aryl methyl sites for hydroxylation is 3. The molecule has 0 unspecified atom stereocenters. The third kappa shape index (κ3) is 3.82. The van der Waals surface area contributed by atoms with Gasteiger partial charge in [0.2, 0.25) is 5.91 Å². The molecule has 0 bridgehead atoms. The number of benzene rings is 1. The second-order valence-electron chi connectivity index (χ2n) is 6.75. The van der Waals surface area contributed by atoms with Crippen LogP contribution in [0.3, 0.4) is 0 Å². The lowest BCUT2D eigenvalue weighted by atomic mass is 10.2. The number of carbonyl (C=O) groups is 2. The van der Waals surface area contributed by atoms with E-state index < -0.39 is 11.9 Å². The van der Waals surface area contributed by atoms with Crippen molar-refractivity contribution in [2.75, 3.05) is 0 Å². The minimum atomic E-state index is -0.551. The predicted molar refractivity (Wildman–Crippen MR) is 107 cm³/mol. The van der Waals surface area contributed by atoms with E-state index in [1.807, 2.05) is 30.3 Å². The number of imide groups is 1. The van der Waals surface area contributed by atoms with Crippen molar-refractivity contribution in [1.29, 1.82) is 0 Å².